The number of nitrogens with zero attached hydrogens (tertiary/aromatic N) is 2. The van der Waals surface area contributed by atoms with Crippen molar-refractivity contribution in [3.63, 3.8) is 0 Å². The Hall–Kier alpha value is -2.67. The maximum absolute atomic E-state index is 12.6. The molecule has 2 atom stereocenters. The van der Waals surface area contributed by atoms with Gasteiger partial charge in [-0.1, -0.05) is 30.3 Å². The maximum atomic E-state index is 12.6. The molecule has 7 nitrogen and oxygen atoms in total. The largest absolute Gasteiger partial charge is 0.481 e. The van der Waals surface area contributed by atoms with Crippen LogP contribution in [0.25, 0.3) is 11.3 Å². The van der Waals surface area contributed by atoms with E-state index in [2.05, 4.69) is 4.98 Å². The predicted octanol–water partition coefficient (Wildman–Crippen LogP) is 2.36. The number of amides is 1. The highest BCUT2D eigenvalue weighted by Crippen LogP contribution is 2.24. The number of methoxy groups -OCH3 is 1. The van der Waals surface area contributed by atoms with E-state index in [1.54, 1.807) is 18.2 Å². The molecule has 2 aromatic rings. The van der Waals surface area contributed by atoms with Crippen molar-refractivity contribution in [1.82, 2.24) is 9.88 Å². The fourth-order valence-electron chi connectivity index (χ4n) is 3.26. The molecule has 0 bridgehead atoms. The summed E-state index contributed by atoms with van der Waals surface area (Å²) in [7, 11) is 1.58. The highest BCUT2D eigenvalue weighted by atomic mass is 16.5. The van der Waals surface area contributed by atoms with Crippen LogP contribution in [0.4, 0.5) is 0 Å². The van der Waals surface area contributed by atoms with Gasteiger partial charge in [-0.3, -0.25) is 9.59 Å². The first-order valence-electron chi connectivity index (χ1n) is 8.61. The molecule has 1 saturated heterocycles. The average Bonchev–Trinajstić information content (AvgIpc) is 3.27. The molecule has 2 heterocycles. The summed E-state index contributed by atoms with van der Waals surface area (Å²) in [6, 6.07) is 9.31. The molecule has 0 spiro atoms. The van der Waals surface area contributed by atoms with Gasteiger partial charge < -0.3 is 19.2 Å². The molecular formula is C19H22N2O5. The number of rotatable bonds is 7. The van der Waals surface area contributed by atoms with Crippen molar-refractivity contribution in [2.45, 2.75) is 37.8 Å². The van der Waals surface area contributed by atoms with Crippen LogP contribution in [0.3, 0.4) is 0 Å². The Morgan fingerprint density at radius 1 is 1.35 bits per heavy atom. The minimum Gasteiger partial charge on any atom is -0.481 e. The molecule has 0 aliphatic carbocycles. The molecule has 7 heteroatoms. The number of hydrogen-bond donors (Lipinski definition) is 1. The second kappa shape index (κ2) is 8.14. The third kappa shape index (κ3) is 4.29. The quantitative estimate of drug-likeness (QED) is 0.817. The van der Waals surface area contributed by atoms with Crippen molar-refractivity contribution in [3.8, 4) is 11.3 Å². The lowest BCUT2D eigenvalue weighted by atomic mass is 10.1. The van der Waals surface area contributed by atoms with Crippen LogP contribution in [0.15, 0.2) is 40.9 Å². The van der Waals surface area contributed by atoms with Crippen molar-refractivity contribution in [2.75, 3.05) is 13.7 Å². The third-order valence-electron chi connectivity index (χ3n) is 4.60. The number of carboxylic acids is 1. The Labute approximate surface area is 151 Å². The van der Waals surface area contributed by atoms with Crippen LogP contribution in [-0.4, -0.2) is 52.7 Å². The molecule has 1 aliphatic heterocycles. The fraction of sp³-hybridized carbons (Fsp3) is 0.421. The van der Waals surface area contributed by atoms with Crippen molar-refractivity contribution >= 4 is 11.9 Å². The van der Waals surface area contributed by atoms with E-state index in [0.29, 0.717) is 31.0 Å². The zero-order valence-electron chi connectivity index (χ0n) is 14.6. The maximum Gasteiger partial charge on any atom is 0.305 e. The number of aryl methyl sites for hydroxylation is 1. The van der Waals surface area contributed by atoms with Gasteiger partial charge in [0.15, 0.2) is 11.7 Å². The van der Waals surface area contributed by atoms with Crippen LogP contribution in [-0.2, 0) is 20.7 Å². The lowest BCUT2D eigenvalue weighted by molar-refractivity contribution is -0.139. The van der Waals surface area contributed by atoms with Gasteiger partial charge in [0.1, 0.15) is 0 Å². The molecule has 2 unspecified atom stereocenters. The number of carboxylic acid groups (broad SMARTS) is 1. The van der Waals surface area contributed by atoms with Gasteiger partial charge in [-0.2, -0.15) is 0 Å². The number of ether oxygens (including phenoxy) is 1. The predicted molar refractivity (Wildman–Crippen MR) is 93.4 cm³/mol. The van der Waals surface area contributed by atoms with E-state index in [9.17, 15) is 9.59 Å². The number of likely N-dealkylation sites (tertiary alicyclic amines) is 1. The van der Waals surface area contributed by atoms with Crippen LogP contribution in [0.5, 0.6) is 0 Å². The SMILES string of the molecule is COC1CC(CC(=O)O)N(C(=O)CCc2ncc(-c3ccccc3)o2)C1. The zero-order valence-corrected chi connectivity index (χ0v) is 14.6. The Morgan fingerprint density at radius 3 is 2.81 bits per heavy atom. The second-order valence-electron chi connectivity index (χ2n) is 6.38. The second-order valence-corrected chi connectivity index (χ2v) is 6.38. The van der Waals surface area contributed by atoms with Gasteiger partial charge >= 0.3 is 5.97 Å². The third-order valence-corrected chi connectivity index (χ3v) is 4.60. The van der Waals surface area contributed by atoms with Crippen molar-refractivity contribution in [2.24, 2.45) is 0 Å². The molecule has 1 aromatic carbocycles. The molecule has 3 rings (SSSR count). The topological polar surface area (TPSA) is 92.9 Å². The smallest absolute Gasteiger partial charge is 0.305 e. The molecular weight excluding hydrogens is 336 g/mol. The van der Waals surface area contributed by atoms with Crippen LogP contribution in [0.2, 0.25) is 0 Å². The molecule has 0 radical (unpaired) electrons. The van der Waals surface area contributed by atoms with E-state index in [1.807, 2.05) is 30.3 Å². The number of oxazole rings is 1. The highest BCUT2D eigenvalue weighted by molar-refractivity contribution is 5.78. The summed E-state index contributed by atoms with van der Waals surface area (Å²) in [6.45, 7) is 0.425. The van der Waals surface area contributed by atoms with Crippen molar-refractivity contribution < 1.29 is 23.8 Å². The van der Waals surface area contributed by atoms with Crippen molar-refractivity contribution in [3.05, 3.63) is 42.4 Å². The van der Waals surface area contributed by atoms with Gasteiger partial charge in [0, 0.05) is 38.1 Å². The summed E-state index contributed by atoms with van der Waals surface area (Å²) in [6.07, 6.45) is 2.61. The van der Waals surface area contributed by atoms with Gasteiger partial charge in [-0.25, -0.2) is 4.98 Å². The van der Waals surface area contributed by atoms with E-state index in [4.69, 9.17) is 14.3 Å². The number of aromatic nitrogens is 1. The van der Waals surface area contributed by atoms with Crippen LogP contribution in [0.1, 0.15) is 25.2 Å². The minimum atomic E-state index is -0.912. The number of hydrogen-bond acceptors (Lipinski definition) is 5. The standard InChI is InChI=1S/C19H22N2O5/c1-25-15-9-14(10-19(23)24)21(12-15)18(22)8-7-17-20-11-16(26-17)13-5-3-2-4-6-13/h2-6,11,14-15H,7-10,12H2,1H3,(H,23,24). The summed E-state index contributed by atoms with van der Waals surface area (Å²) in [5, 5.41) is 9.05. The number of carbonyl (C=O) groups is 2. The highest BCUT2D eigenvalue weighted by Gasteiger charge is 2.36. The average molecular weight is 358 g/mol. The molecule has 1 aliphatic rings. The molecule has 1 fully saturated rings. The van der Waals surface area contributed by atoms with Crippen LogP contribution in [0, 0.1) is 0 Å². The van der Waals surface area contributed by atoms with Crippen molar-refractivity contribution in [1.29, 1.82) is 0 Å². The summed E-state index contributed by atoms with van der Waals surface area (Å²) in [5.41, 5.74) is 0.932. The molecule has 1 N–H and O–H groups in total. The summed E-state index contributed by atoms with van der Waals surface area (Å²) < 4.78 is 11.0. The lowest BCUT2D eigenvalue weighted by Crippen LogP contribution is -2.37. The van der Waals surface area contributed by atoms with Gasteiger partial charge in [-0.15, -0.1) is 0 Å². The molecule has 0 saturated carbocycles. The Morgan fingerprint density at radius 2 is 2.12 bits per heavy atom. The Bertz CT molecular complexity index is 758. The number of benzene rings is 1. The summed E-state index contributed by atoms with van der Waals surface area (Å²) in [5.74, 6) is 0.145. The summed E-state index contributed by atoms with van der Waals surface area (Å²) >= 11 is 0. The molecule has 26 heavy (non-hydrogen) atoms. The molecule has 1 amide bonds. The first kappa shape index (κ1) is 18.1. The van der Waals surface area contributed by atoms with E-state index in [1.165, 1.54) is 0 Å². The Kier molecular flexibility index (Phi) is 5.68. The fourth-order valence-corrected chi connectivity index (χ4v) is 3.26. The first-order valence-corrected chi connectivity index (χ1v) is 8.61. The van der Waals surface area contributed by atoms with Gasteiger partial charge in [0.2, 0.25) is 5.91 Å². The van der Waals surface area contributed by atoms with E-state index in [-0.39, 0.29) is 30.9 Å². The van der Waals surface area contributed by atoms with Gasteiger partial charge in [0.05, 0.1) is 18.7 Å². The number of aliphatic carboxylic acids is 1. The molecule has 138 valence electrons. The monoisotopic (exact) mass is 358 g/mol. The van der Waals surface area contributed by atoms with Gasteiger partial charge in [0.25, 0.3) is 0 Å². The zero-order chi connectivity index (χ0) is 18.5. The van der Waals surface area contributed by atoms with Gasteiger partial charge in [-0.05, 0) is 6.42 Å². The number of carbonyl (C=O) groups excluding carboxylic acids is 1. The minimum absolute atomic E-state index is 0.0667. The summed E-state index contributed by atoms with van der Waals surface area (Å²) in [4.78, 5) is 29.4. The Balaban J connectivity index is 1.59. The van der Waals surface area contributed by atoms with E-state index in [0.717, 1.165) is 5.56 Å². The van der Waals surface area contributed by atoms with E-state index < -0.39 is 5.97 Å². The molecule has 1 aromatic heterocycles. The van der Waals surface area contributed by atoms with Crippen LogP contribution >= 0.6 is 0 Å². The normalized spacial score (nSPS) is 19.7. The van der Waals surface area contributed by atoms with Crippen LogP contribution < -0.4 is 0 Å². The lowest BCUT2D eigenvalue weighted by Gasteiger charge is -2.23. The first-order chi connectivity index (χ1) is 12.6. The van der Waals surface area contributed by atoms with E-state index >= 15 is 0 Å².